The van der Waals surface area contributed by atoms with Gasteiger partial charge in [-0.25, -0.2) is 0 Å². The molecule has 6 heteroatoms. The van der Waals surface area contributed by atoms with Gasteiger partial charge in [0.15, 0.2) is 0 Å². The van der Waals surface area contributed by atoms with Crippen LogP contribution in [0.15, 0.2) is 0 Å². The second-order valence-corrected chi connectivity index (χ2v) is 6.50. The van der Waals surface area contributed by atoms with Crippen molar-refractivity contribution in [3.8, 4) is 0 Å². The molecule has 0 aromatic heterocycles. The minimum atomic E-state index is -3.75. The third kappa shape index (κ3) is 3.47. The first-order chi connectivity index (χ1) is 5.07. The van der Waals surface area contributed by atoms with Gasteiger partial charge in [0.1, 0.15) is 0 Å². The number of halogens is 2. The van der Waals surface area contributed by atoms with E-state index in [4.69, 9.17) is 22.3 Å². The van der Waals surface area contributed by atoms with E-state index in [1.165, 1.54) is 0 Å². The molecule has 0 heterocycles. The zero-order valence-corrected chi connectivity index (χ0v) is 9.83. The molecule has 1 unspecified atom stereocenters. The van der Waals surface area contributed by atoms with Crippen molar-refractivity contribution in [3.05, 3.63) is 0 Å². The van der Waals surface area contributed by atoms with Crippen molar-refractivity contribution >= 4 is 31.5 Å². The van der Waals surface area contributed by atoms with Crippen molar-refractivity contribution in [2.24, 2.45) is 0 Å². The monoisotopic (exact) mass is 233 g/mol. The Morgan fingerprint density at radius 2 is 1.67 bits per heavy atom. The smallest absolute Gasteiger partial charge is 0.195 e. The minimum Gasteiger partial charge on any atom is -0.195 e. The molecule has 0 aliphatic rings. The highest BCUT2D eigenvalue weighted by atomic mass is 35.7. The number of rotatable bonds is 2. The van der Waals surface area contributed by atoms with Crippen LogP contribution in [0.5, 0.6) is 0 Å². The Morgan fingerprint density at radius 1 is 1.33 bits per heavy atom. The van der Waals surface area contributed by atoms with E-state index in [-0.39, 0.29) is 0 Å². The number of nitrogens with zero attached hydrogens (tertiary/aromatic N) is 1. The quantitative estimate of drug-likeness (QED) is 0.417. The van der Waals surface area contributed by atoms with Crippen LogP contribution in [0.1, 0.15) is 27.7 Å². The van der Waals surface area contributed by atoms with Crippen LogP contribution in [0.4, 0.5) is 0 Å². The van der Waals surface area contributed by atoms with Crippen LogP contribution < -0.4 is 0 Å². The molecule has 0 rings (SSSR count). The average Bonchev–Trinajstić information content (AvgIpc) is 1.49. The van der Waals surface area contributed by atoms with Crippen LogP contribution in [0.25, 0.3) is 0 Å². The van der Waals surface area contributed by atoms with E-state index in [0.29, 0.717) is 0 Å². The standard InChI is InChI=1S/C6H13Cl2NO2S/c1-5(7)9(6(2,3)4)12(8,10)11/h5H,1-4H3. The lowest BCUT2D eigenvalue weighted by molar-refractivity contribution is 0.245. The maximum Gasteiger partial charge on any atom is 0.301 e. The lowest BCUT2D eigenvalue weighted by Gasteiger charge is -2.33. The average molecular weight is 234 g/mol. The van der Waals surface area contributed by atoms with Gasteiger partial charge >= 0.3 is 9.24 Å². The molecule has 0 spiro atoms. The molecule has 74 valence electrons. The van der Waals surface area contributed by atoms with Gasteiger partial charge < -0.3 is 0 Å². The summed E-state index contributed by atoms with van der Waals surface area (Å²) in [7, 11) is 1.44. The van der Waals surface area contributed by atoms with E-state index in [9.17, 15) is 8.42 Å². The zero-order valence-electron chi connectivity index (χ0n) is 7.51. The molecule has 0 N–H and O–H groups in total. The Bertz CT molecular complexity index is 243. The largest absolute Gasteiger partial charge is 0.301 e. The second-order valence-electron chi connectivity index (χ2n) is 3.48. The number of alkyl halides is 1. The van der Waals surface area contributed by atoms with E-state index in [1.54, 1.807) is 27.7 Å². The van der Waals surface area contributed by atoms with Gasteiger partial charge in [0.2, 0.25) is 0 Å². The van der Waals surface area contributed by atoms with E-state index in [2.05, 4.69) is 0 Å². The topological polar surface area (TPSA) is 37.4 Å². The normalized spacial score (nSPS) is 16.6. The van der Waals surface area contributed by atoms with Gasteiger partial charge in [0, 0.05) is 16.2 Å². The molecular formula is C6H13Cl2NO2S. The van der Waals surface area contributed by atoms with Gasteiger partial charge in [0.25, 0.3) is 0 Å². The van der Waals surface area contributed by atoms with Crippen LogP contribution in [0.3, 0.4) is 0 Å². The summed E-state index contributed by atoms with van der Waals surface area (Å²) in [6.45, 7) is 6.75. The molecule has 3 nitrogen and oxygen atoms in total. The van der Waals surface area contributed by atoms with Crippen molar-refractivity contribution < 1.29 is 8.42 Å². The Hall–Kier alpha value is 0.490. The van der Waals surface area contributed by atoms with Crippen molar-refractivity contribution in [1.82, 2.24) is 4.31 Å². The maximum atomic E-state index is 11.0. The van der Waals surface area contributed by atoms with Crippen molar-refractivity contribution in [1.29, 1.82) is 0 Å². The first kappa shape index (κ1) is 12.5. The first-order valence-electron chi connectivity index (χ1n) is 3.45. The Balaban J connectivity index is 4.97. The van der Waals surface area contributed by atoms with E-state index in [1.807, 2.05) is 0 Å². The lowest BCUT2D eigenvalue weighted by Crippen LogP contribution is -2.46. The fraction of sp³-hybridized carbons (Fsp3) is 1.00. The molecule has 0 saturated heterocycles. The fourth-order valence-corrected chi connectivity index (χ4v) is 3.74. The molecule has 0 aliphatic heterocycles. The summed E-state index contributed by atoms with van der Waals surface area (Å²) in [5.41, 5.74) is -1.24. The predicted molar refractivity (Wildman–Crippen MR) is 51.7 cm³/mol. The third-order valence-electron chi connectivity index (χ3n) is 1.22. The highest BCUT2D eigenvalue weighted by Crippen LogP contribution is 2.25. The van der Waals surface area contributed by atoms with Crippen LogP contribution in [-0.2, 0) is 9.24 Å². The van der Waals surface area contributed by atoms with Gasteiger partial charge in [-0.1, -0.05) is 0 Å². The first-order valence-corrected chi connectivity index (χ1v) is 6.15. The minimum absolute atomic E-state index is 0.595. The summed E-state index contributed by atoms with van der Waals surface area (Å²) in [4.78, 5) is 0. The van der Waals surface area contributed by atoms with Gasteiger partial charge in [-0.15, -0.1) is 11.6 Å². The van der Waals surface area contributed by atoms with Crippen LogP contribution in [0, 0.1) is 0 Å². The SMILES string of the molecule is CC(Cl)N(C(C)(C)C)S(=O)(=O)Cl. The number of hydrogen-bond donors (Lipinski definition) is 0. The summed E-state index contributed by atoms with van der Waals surface area (Å²) >= 11 is 5.68. The van der Waals surface area contributed by atoms with Gasteiger partial charge in [-0.2, -0.15) is 12.7 Å². The highest BCUT2D eigenvalue weighted by Gasteiger charge is 2.34. The van der Waals surface area contributed by atoms with E-state index < -0.39 is 20.3 Å². The molecule has 0 radical (unpaired) electrons. The van der Waals surface area contributed by atoms with Crippen LogP contribution >= 0.6 is 22.3 Å². The molecule has 0 aromatic rings. The van der Waals surface area contributed by atoms with E-state index in [0.717, 1.165) is 4.31 Å². The summed E-state index contributed by atoms with van der Waals surface area (Å²) in [6.07, 6.45) is 0. The zero-order chi connectivity index (χ0) is 10.2. The van der Waals surface area contributed by atoms with Gasteiger partial charge in [-0.05, 0) is 27.7 Å². The van der Waals surface area contributed by atoms with E-state index >= 15 is 0 Å². The molecule has 12 heavy (non-hydrogen) atoms. The third-order valence-corrected chi connectivity index (χ3v) is 3.31. The fourth-order valence-electron chi connectivity index (χ4n) is 1.03. The molecule has 0 aliphatic carbocycles. The predicted octanol–water partition coefficient (Wildman–Crippen LogP) is 2.16. The van der Waals surface area contributed by atoms with Crippen LogP contribution in [-0.4, -0.2) is 23.8 Å². The Labute approximate surface area is 83.2 Å². The molecular weight excluding hydrogens is 221 g/mol. The molecule has 1 atom stereocenters. The number of hydrogen-bond acceptors (Lipinski definition) is 2. The Morgan fingerprint density at radius 3 is 1.67 bits per heavy atom. The molecule has 0 aromatic carbocycles. The maximum absolute atomic E-state index is 11.0. The van der Waals surface area contributed by atoms with Gasteiger partial charge in [0.05, 0.1) is 5.50 Å². The lowest BCUT2D eigenvalue weighted by atomic mass is 10.1. The van der Waals surface area contributed by atoms with Crippen molar-refractivity contribution in [2.75, 3.05) is 0 Å². The molecule has 0 fully saturated rings. The van der Waals surface area contributed by atoms with Crippen molar-refractivity contribution in [2.45, 2.75) is 38.7 Å². The second kappa shape index (κ2) is 3.70. The molecule has 0 bridgehead atoms. The van der Waals surface area contributed by atoms with Crippen molar-refractivity contribution in [3.63, 3.8) is 0 Å². The van der Waals surface area contributed by atoms with Crippen LogP contribution in [0.2, 0.25) is 0 Å². The summed E-state index contributed by atoms with van der Waals surface area (Å²) in [5, 5.41) is 0. The summed E-state index contributed by atoms with van der Waals surface area (Å²) in [6, 6.07) is 0. The summed E-state index contributed by atoms with van der Waals surface area (Å²) in [5.74, 6) is 0. The molecule has 0 amide bonds. The van der Waals surface area contributed by atoms with Gasteiger partial charge in [-0.3, -0.25) is 0 Å². The molecule has 0 saturated carbocycles. The highest BCUT2D eigenvalue weighted by molar-refractivity contribution is 8.11. The summed E-state index contributed by atoms with van der Waals surface area (Å²) < 4.78 is 23.1. The Kier molecular flexibility index (Phi) is 3.85.